The highest BCUT2D eigenvalue weighted by atomic mass is 19.3. The molecule has 0 radical (unpaired) electrons. The molecule has 1 aromatic rings. The van der Waals surface area contributed by atoms with E-state index in [0.717, 1.165) is 12.1 Å². The lowest BCUT2D eigenvalue weighted by Crippen LogP contribution is -2.51. The summed E-state index contributed by atoms with van der Waals surface area (Å²) in [4.78, 5) is 11.6. The number of carbonyl (C=O) groups excluding carboxylic acids is 1. The van der Waals surface area contributed by atoms with Crippen LogP contribution in [0.3, 0.4) is 0 Å². The van der Waals surface area contributed by atoms with Crippen molar-refractivity contribution < 1.29 is 32.2 Å². The number of aliphatic hydroxyl groups is 1. The van der Waals surface area contributed by atoms with Crippen molar-refractivity contribution in [3.8, 4) is 0 Å². The summed E-state index contributed by atoms with van der Waals surface area (Å²) in [6.45, 7) is 2.95. The highest BCUT2D eigenvalue weighted by Gasteiger charge is 2.61. The molecule has 1 atom stereocenters. The van der Waals surface area contributed by atoms with Crippen LogP contribution in [0.1, 0.15) is 25.8 Å². The van der Waals surface area contributed by atoms with E-state index < -0.39 is 42.0 Å². The lowest BCUT2D eigenvalue weighted by Gasteiger charge is -2.35. The average Bonchev–Trinajstić information content (AvgIpc) is 2.38. The molecule has 0 amide bonds. The second-order valence-corrected chi connectivity index (χ2v) is 4.87. The Morgan fingerprint density at radius 1 is 1.24 bits per heavy atom. The monoisotopic (exact) mass is 308 g/mol. The van der Waals surface area contributed by atoms with E-state index in [1.807, 2.05) is 0 Å². The molecule has 3 nitrogen and oxygen atoms in total. The van der Waals surface area contributed by atoms with Crippen LogP contribution in [-0.4, -0.2) is 29.5 Å². The molecule has 0 saturated heterocycles. The number of hydrogen-bond acceptors (Lipinski definition) is 3. The zero-order chi connectivity index (χ0) is 16.3. The van der Waals surface area contributed by atoms with Crippen LogP contribution in [0, 0.1) is 0 Å². The second kappa shape index (κ2) is 6.43. The maximum absolute atomic E-state index is 13.8. The molecule has 1 N–H and O–H groups in total. The number of hydrogen-bond donors (Lipinski definition) is 1. The summed E-state index contributed by atoms with van der Waals surface area (Å²) in [5.74, 6) is -5.98. The Hall–Kier alpha value is -1.63. The van der Waals surface area contributed by atoms with Gasteiger partial charge in [0.1, 0.15) is 0 Å². The van der Waals surface area contributed by atoms with Gasteiger partial charge in [-0.05, 0) is 19.4 Å². The average molecular weight is 308 g/mol. The highest BCUT2D eigenvalue weighted by molar-refractivity contribution is 5.71. The SMILES string of the molecule is CC(C)OC(=O)C[C@](O)(c1ccccc1)C(F)(F)C(F)F. The molecule has 21 heavy (non-hydrogen) atoms. The van der Waals surface area contributed by atoms with E-state index in [1.54, 1.807) is 0 Å². The summed E-state index contributed by atoms with van der Waals surface area (Å²) in [6, 6.07) is 6.18. The standard InChI is InChI=1S/C14H16F4O3/c1-9(2)21-11(19)8-13(20,14(17,18)12(15)16)10-6-4-3-5-7-10/h3-7,9,12,20H,8H2,1-2H3/t13-/m0/s1. The third-order valence-corrected chi connectivity index (χ3v) is 2.84. The molecule has 118 valence electrons. The number of halogens is 4. The predicted molar refractivity (Wildman–Crippen MR) is 67.1 cm³/mol. The van der Waals surface area contributed by atoms with Gasteiger partial charge in [-0.1, -0.05) is 30.3 Å². The van der Waals surface area contributed by atoms with Crippen LogP contribution in [-0.2, 0) is 15.1 Å². The fraction of sp³-hybridized carbons (Fsp3) is 0.500. The van der Waals surface area contributed by atoms with Gasteiger partial charge in [-0.25, -0.2) is 8.78 Å². The first kappa shape index (κ1) is 17.4. The summed E-state index contributed by atoms with van der Waals surface area (Å²) in [5.41, 5.74) is -3.81. The first-order valence-electron chi connectivity index (χ1n) is 6.24. The summed E-state index contributed by atoms with van der Waals surface area (Å²) < 4.78 is 57.5. The molecule has 7 heteroatoms. The van der Waals surface area contributed by atoms with Crippen molar-refractivity contribution in [2.45, 2.75) is 44.3 Å². The Morgan fingerprint density at radius 3 is 2.19 bits per heavy atom. The molecule has 0 spiro atoms. The molecule has 0 aliphatic carbocycles. The topological polar surface area (TPSA) is 46.5 Å². The van der Waals surface area contributed by atoms with Crippen LogP contribution in [0.2, 0.25) is 0 Å². The van der Waals surface area contributed by atoms with Crippen LogP contribution in [0.4, 0.5) is 17.6 Å². The van der Waals surface area contributed by atoms with Crippen molar-refractivity contribution in [3.63, 3.8) is 0 Å². The minimum atomic E-state index is -4.80. The van der Waals surface area contributed by atoms with Gasteiger partial charge < -0.3 is 9.84 Å². The van der Waals surface area contributed by atoms with E-state index in [2.05, 4.69) is 4.74 Å². The van der Waals surface area contributed by atoms with Crippen molar-refractivity contribution in [2.75, 3.05) is 0 Å². The van der Waals surface area contributed by atoms with Crippen molar-refractivity contribution in [3.05, 3.63) is 35.9 Å². The largest absolute Gasteiger partial charge is 0.463 e. The van der Waals surface area contributed by atoms with E-state index in [1.165, 1.54) is 32.0 Å². The van der Waals surface area contributed by atoms with Crippen LogP contribution >= 0.6 is 0 Å². The van der Waals surface area contributed by atoms with Gasteiger partial charge in [0.25, 0.3) is 0 Å². The van der Waals surface area contributed by atoms with Gasteiger partial charge in [0.2, 0.25) is 0 Å². The van der Waals surface area contributed by atoms with Crippen LogP contribution in [0.25, 0.3) is 0 Å². The van der Waals surface area contributed by atoms with Gasteiger partial charge in [0.15, 0.2) is 5.60 Å². The number of carbonyl (C=O) groups is 1. The van der Waals surface area contributed by atoms with Crippen molar-refractivity contribution in [2.24, 2.45) is 0 Å². The van der Waals surface area contributed by atoms with Gasteiger partial charge in [0.05, 0.1) is 12.5 Å². The molecule has 1 rings (SSSR count). The smallest absolute Gasteiger partial charge is 0.340 e. The summed E-state index contributed by atoms with van der Waals surface area (Å²) in [7, 11) is 0. The number of benzene rings is 1. The van der Waals surface area contributed by atoms with Gasteiger partial charge in [0, 0.05) is 0 Å². The Morgan fingerprint density at radius 2 is 1.76 bits per heavy atom. The summed E-state index contributed by atoms with van der Waals surface area (Å²) in [5, 5.41) is 10.1. The summed E-state index contributed by atoms with van der Waals surface area (Å²) >= 11 is 0. The normalized spacial score (nSPS) is 15.1. The maximum atomic E-state index is 13.8. The number of esters is 1. The van der Waals surface area contributed by atoms with Crippen molar-refractivity contribution >= 4 is 5.97 Å². The van der Waals surface area contributed by atoms with E-state index in [0.29, 0.717) is 0 Å². The quantitative estimate of drug-likeness (QED) is 0.649. The molecule has 1 aromatic carbocycles. The van der Waals surface area contributed by atoms with E-state index >= 15 is 0 Å². The molecular weight excluding hydrogens is 292 g/mol. The zero-order valence-corrected chi connectivity index (χ0v) is 11.5. The minimum Gasteiger partial charge on any atom is -0.463 e. The second-order valence-electron chi connectivity index (χ2n) is 4.87. The first-order valence-corrected chi connectivity index (χ1v) is 6.24. The molecule has 0 aliphatic rings. The van der Waals surface area contributed by atoms with E-state index in [-0.39, 0.29) is 0 Å². The van der Waals surface area contributed by atoms with Crippen LogP contribution < -0.4 is 0 Å². The fourth-order valence-electron chi connectivity index (χ4n) is 1.82. The van der Waals surface area contributed by atoms with Gasteiger partial charge in [-0.2, -0.15) is 8.78 Å². The molecule has 0 heterocycles. The molecular formula is C14H16F4O3. The number of alkyl halides is 4. The third kappa shape index (κ3) is 3.72. The highest BCUT2D eigenvalue weighted by Crippen LogP contribution is 2.44. The minimum absolute atomic E-state index is 0.476. The predicted octanol–water partition coefficient (Wildman–Crippen LogP) is 3.12. The molecule has 0 fully saturated rings. The third-order valence-electron chi connectivity index (χ3n) is 2.84. The molecule has 0 bridgehead atoms. The Balaban J connectivity index is 3.21. The molecule has 0 unspecified atom stereocenters. The lowest BCUT2D eigenvalue weighted by atomic mass is 9.84. The number of ether oxygens (including phenoxy) is 1. The Bertz CT molecular complexity index is 476. The first-order chi connectivity index (χ1) is 9.61. The van der Waals surface area contributed by atoms with Gasteiger partial charge >= 0.3 is 18.3 Å². The van der Waals surface area contributed by atoms with E-state index in [9.17, 15) is 27.5 Å². The van der Waals surface area contributed by atoms with Crippen molar-refractivity contribution in [1.82, 2.24) is 0 Å². The molecule has 0 saturated carbocycles. The zero-order valence-electron chi connectivity index (χ0n) is 11.5. The Labute approximate surface area is 119 Å². The van der Waals surface area contributed by atoms with Crippen LogP contribution in [0.15, 0.2) is 30.3 Å². The number of rotatable bonds is 6. The van der Waals surface area contributed by atoms with Crippen molar-refractivity contribution in [1.29, 1.82) is 0 Å². The van der Waals surface area contributed by atoms with E-state index in [4.69, 9.17) is 0 Å². The van der Waals surface area contributed by atoms with Gasteiger partial charge in [-0.3, -0.25) is 4.79 Å². The molecule has 0 aromatic heterocycles. The Kier molecular flexibility index (Phi) is 5.33. The molecule has 0 aliphatic heterocycles. The lowest BCUT2D eigenvalue weighted by molar-refractivity contribution is -0.252. The maximum Gasteiger partial charge on any atom is 0.340 e. The van der Waals surface area contributed by atoms with Gasteiger partial charge in [-0.15, -0.1) is 0 Å². The van der Waals surface area contributed by atoms with Crippen LogP contribution in [0.5, 0.6) is 0 Å². The fourth-order valence-corrected chi connectivity index (χ4v) is 1.82. The summed E-state index contributed by atoms with van der Waals surface area (Å²) in [6.07, 6.45) is -6.01.